The van der Waals surface area contributed by atoms with Gasteiger partial charge in [-0.15, -0.1) is 34.0 Å². The Morgan fingerprint density at radius 3 is 0.984 bits per heavy atom. The van der Waals surface area contributed by atoms with Gasteiger partial charge in [-0.25, -0.2) is 29.9 Å². The Hall–Kier alpha value is -16.6. The molecular weight excluding hydrogens is 1640 g/mol. The van der Waals surface area contributed by atoms with Gasteiger partial charge in [0.1, 0.15) is 33.5 Å². The van der Waals surface area contributed by atoms with Gasteiger partial charge in [0.25, 0.3) is 0 Å². The molecule has 12 heterocycles. The lowest BCUT2D eigenvalue weighted by Crippen LogP contribution is -2.17. The van der Waals surface area contributed by atoms with E-state index < -0.39 is 0 Å². The van der Waals surface area contributed by atoms with Crippen LogP contribution in [0.1, 0.15) is 0 Å². The van der Waals surface area contributed by atoms with Crippen LogP contribution in [0.25, 0.3) is 226 Å². The van der Waals surface area contributed by atoms with Crippen LogP contribution in [-0.2, 0) is 0 Å². The van der Waals surface area contributed by atoms with Gasteiger partial charge in [-0.3, -0.25) is 14.7 Å². The molecule has 15 heteroatoms. The van der Waals surface area contributed by atoms with E-state index in [9.17, 15) is 0 Å². The Labute approximate surface area is 746 Å². The van der Waals surface area contributed by atoms with Crippen LogP contribution in [0.3, 0.4) is 0 Å². The second-order valence-electron chi connectivity index (χ2n) is 32.9. The van der Waals surface area contributed by atoms with Crippen LogP contribution < -0.4 is 14.7 Å². The van der Waals surface area contributed by atoms with Gasteiger partial charge in [0.05, 0.1) is 81.9 Å². The van der Waals surface area contributed by atoms with Gasteiger partial charge in [-0.2, -0.15) is 0 Å². The number of hydrogen-bond acceptors (Lipinski definition) is 15. The Bertz CT molecular complexity index is 9490. The molecule has 0 saturated heterocycles. The SMILES string of the molecule is c1ccc2c(c1)-c1cccc3cccc(c13)N2c1nc(-c2ccc3c(c2)oc2ccccc23)c2sc3ccccc3c2n1.c1ccc2c(c1)-c1cccc3cccc(c13)N2c1nc(-c2ccc3oc4ccccc4c3c2)c2sc3ccccc3c2n1.c1ccc2c(c1)-c1cccc3cccc(c13)N2c1nc(-c2cccc3oc4ccccc4c23)c2sc3ccccc3c2n1. The molecular formula is C114H63N9O3S3. The van der Waals surface area contributed by atoms with Gasteiger partial charge < -0.3 is 13.3 Å². The summed E-state index contributed by atoms with van der Waals surface area (Å²) in [5.41, 5.74) is 27.7. The van der Waals surface area contributed by atoms with Crippen molar-refractivity contribution in [3.63, 3.8) is 0 Å². The second-order valence-corrected chi connectivity index (χ2v) is 36.1. The van der Waals surface area contributed by atoms with E-state index in [2.05, 4.69) is 354 Å². The van der Waals surface area contributed by atoms with Crippen molar-refractivity contribution < 1.29 is 13.3 Å². The van der Waals surface area contributed by atoms with Crippen LogP contribution >= 0.6 is 34.0 Å². The molecule has 3 aliphatic rings. The number of benzene rings is 18. The van der Waals surface area contributed by atoms with Crippen LogP contribution in [0.2, 0.25) is 0 Å². The Kier molecular flexibility index (Phi) is 15.6. The van der Waals surface area contributed by atoms with Crippen molar-refractivity contribution in [3.05, 3.63) is 382 Å². The monoisotopic (exact) mass is 1700 g/mol. The van der Waals surface area contributed by atoms with E-state index in [4.69, 9.17) is 43.2 Å². The van der Waals surface area contributed by atoms with E-state index >= 15 is 0 Å². The first-order valence-electron chi connectivity index (χ1n) is 43.0. The van der Waals surface area contributed by atoms with Crippen LogP contribution in [0.4, 0.5) is 52.0 Å². The first kappa shape index (κ1) is 71.8. The quantitative estimate of drug-likeness (QED) is 0.157. The predicted molar refractivity (Wildman–Crippen MR) is 536 cm³/mol. The smallest absolute Gasteiger partial charge is 0.235 e. The molecule has 9 aromatic heterocycles. The standard InChI is InChI=1S/3C38H21N3OS/c1-4-17-28-23(12-1)24-15-7-10-22-11-8-18-29(33(22)24)41(28)38-39-35-26-14-3-6-21-32(26)43-37(35)36(40-38)27-16-9-20-31-34(27)25-13-2-5-19-30(25)42-31;1-4-15-29-24(11-1)27-14-7-9-22-10-8-16-30(34(22)27)41(29)38-39-35(37-36(40-38)28-13-3-6-18-33(28)43-37)23-19-20-26-25-12-2-5-17-31(25)42-32(26)21-23;1-4-15-29-24(11-1)26-14-7-9-22-10-8-16-30(34(22)26)41(29)38-39-35(37-36(40-38)27-13-3-6-18-33(27)43-37)23-19-20-32-28(21-23)25-12-2-5-17-31(25)42-32/h3*1-21H. The zero-order chi connectivity index (χ0) is 84.2. The summed E-state index contributed by atoms with van der Waals surface area (Å²) in [6, 6.07) is 134. The molecule has 18 aromatic carbocycles. The fraction of sp³-hybridized carbons (Fsp3) is 0. The predicted octanol–water partition coefficient (Wildman–Crippen LogP) is 33.0. The molecule has 3 aliphatic heterocycles. The van der Waals surface area contributed by atoms with Crippen molar-refractivity contribution in [2.75, 3.05) is 14.7 Å². The summed E-state index contributed by atoms with van der Waals surface area (Å²) in [5, 5.41) is 17.3. The molecule has 27 aromatic rings. The highest BCUT2D eigenvalue weighted by atomic mass is 32.1. The van der Waals surface area contributed by atoms with Crippen LogP contribution in [0.15, 0.2) is 395 Å². The third-order valence-corrected chi connectivity index (χ3v) is 29.4. The molecule has 129 heavy (non-hydrogen) atoms. The average molecular weight is 1700 g/mol. The van der Waals surface area contributed by atoms with Crippen molar-refractivity contribution in [3.8, 4) is 67.2 Å². The maximum atomic E-state index is 6.31. The molecule has 0 radical (unpaired) electrons. The fourth-order valence-corrected chi connectivity index (χ4v) is 23.7. The fourth-order valence-electron chi connectivity index (χ4n) is 20.3. The minimum Gasteiger partial charge on any atom is -0.456 e. The lowest BCUT2D eigenvalue weighted by Gasteiger charge is -2.32. The van der Waals surface area contributed by atoms with E-state index in [-0.39, 0.29) is 0 Å². The number of aromatic nitrogens is 6. The van der Waals surface area contributed by atoms with Crippen molar-refractivity contribution in [2.24, 2.45) is 0 Å². The molecule has 600 valence electrons. The molecule has 0 saturated carbocycles. The highest BCUT2D eigenvalue weighted by molar-refractivity contribution is 7.27. The summed E-state index contributed by atoms with van der Waals surface area (Å²) >= 11 is 5.24. The van der Waals surface area contributed by atoms with Crippen LogP contribution in [-0.4, -0.2) is 29.9 Å². The molecule has 30 rings (SSSR count). The largest absolute Gasteiger partial charge is 0.456 e. The van der Waals surface area contributed by atoms with E-state index in [1.807, 2.05) is 42.5 Å². The molecule has 0 aliphatic carbocycles. The summed E-state index contributed by atoms with van der Waals surface area (Å²) in [6.45, 7) is 0. The molecule has 0 atom stereocenters. The van der Waals surface area contributed by atoms with E-state index in [1.165, 1.54) is 79.8 Å². The third kappa shape index (κ3) is 10.9. The van der Waals surface area contributed by atoms with Crippen LogP contribution in [0, 0.1) is 0 Å². The topological polar surface area (TPSA) is 126 Å². The van der Waals surface area contributed by atoms with Crippen molar-refractivity contribution in [2.45, 2.75) is 0 Å². The summed E-state index contributed by atoms with van der Waals surface area (Å²) in [6.07, 6.45) is 0. The highest BCUT2D eigenvalue weighted by Crippen LogP contribution is 2.57. The van der Waals surface area contributed by atoms with Gasteiger partial charge in [0, 0.05) is 112 Å². The molecule has 12 nitrogen and oxygen atoms in total. The number of thiophene rings is 3. The number of rotatable bonds is 6. The molecule has 0 unspecified atom stereocenters. The third-order valence-electron chi connectivity index (χ3n) is 25.9. The molecule has 0 N–H and O–H groups in total. The Morgan fingerprint density at radius 2 is 0.504 bits per heavy atom. The molecule has 0 bridgehead atoms. The number of para-hydroxylation sites is 6. The number of anilines is 9. The van der Waals surface area contributed by atoms with Gasteiger partial charge in [0.2, 0.25) is 17.8 Å². The van der Waals surface area contributed by atoms with Crippen molar-refractivity contribution in [1.29, 1.82) is 0 Å². The zero-order valence-corrected chi connectivity index (χ0v) is 70.8. The Balaban J connectivity index is 0.0000000976. The first-order valence-corrected chi connectivity index (χ1v) is 45.5. The van der Waals surface area contributed by atoms with E-state index in [0.717, 1.165) is 181 Å². The second kappa shape index (κ2) is 28.0. The summed E-state index contributed by atoms with van der Waals surface area (Å²) in [7, 11) is 0. The Morgan fingerprint density at radius 1 is 0.194 bits per heavy atom. The van der Waals surface area contributed by atoms with Gasteiger partial charge >= 0.3 is 0 Å². The van der Waals surface area contributed by atoms with Gasteiger partial charge in [-0.1, -0.05) is 273 Å². The van der Waals surface area contributed by atoms with Gasteiger partial charge in [-0.05, 0) is 142 Å². The normalized spacial score (nSPS) is 12.6. The number of nitrogens with zero attached hydrogens (tertiary/aromatic N) is 9. The number of furan rings is 3. The average Bonchev–Trinajstić information content (AvgIpc) is 1.56. The summed E-state index contributed by atoms with van der Waals surface area (Å²) < 4.78 is 25.6. The maximum absolute atomic E-state index is 6.31. The number of hydrogen-bond donors (Lipinski definition) is 0. The summed E-state index contributed by atoms with van der Waals surface area (Å²) in [4.78, 5) is 39.0. The van der Waals surface area contributed by atoms with Crippen LogP contribution in [0.5, 0.6) is 0 Å². The van der Waals surface area contributed by atoms with Crippen molar-refractivity contribution in [1.82, 2.24) is 29.9 Å². The summed E-state index contributed by atoms with van der Waals surface area (Å²) in [5.74, 6) is 1.98. The number of fused-ring (bicyclic) bond motifs is 24. The van der Waals surface area contributed by atoms with E-state index in [1.54, 1.807) is 34.0 Å². The minimum atomic E-state index is 0.658. The molecule has 0 amide bonds. The molecule has 0 spiro atoms. The first-order chi connectivity index (χ1) is 64.0. The lowest BCUT2D eigenvalue weighted by atomic mass is 9.91. The van der Waals surface area contributed by atoms with Crippen molar-refractivity contribution >= 4 is 245 Å². The highest BCUT2D eigenvalue weighted by Gasteiger charge is 2.35. The minimum absolute atomic E-state index is 0.658. The maximum Gasteiger partial charge on any atom is 0.235 e. The lowest BCUT2D eigenvalue weighted by molar-refractivity contribution is 0.668. The molecule has 0 fully saturated rings. The van der Waals surface area contributed by atoms with E-state index in [0.29, 0.717) is 17.8 Å². The van der Waals surface area contributed by atoms with Gasteiger partial charge in [0.15, 0.2) is 0 Å². The zero-order valence-electron chi connectivity index (χ0n) is 68.3.